The molecule has 1 unspecified atom stereocenters. The Labute approximate surface area is 184 Å². The fraction of sp³-hybridized carbons (Fsp3) is 0.174. The van der Waals surface area contributed by atoms with Crippen LogP contribution in [0.2, 0.25) is 0 Å². The summed E-state index contributed by atoms with van der Waals surface area (Å²) < 4.78 is 26.7. The van der Waals surface area contributed by atoms with Gasteiger partial charge in [-0.3, -0.25) is 0 Å². The molecule has 0 saturated heterocycles. The first-order valence-corrected chi connectivity index (χ1v) is 9.86. The quantitative estimate of drug-likeness (QED) is 0.435. The lowest BCUT2D eigenvalue weighted by Gasteiger charge is -2.21. The van der Waals surface area contributed by atoms with Crippen LogP contribution in [0.3, 0.4) is 0 Å². The van der Waals surface area contributed by atoms with Crippen LogP contribution in [0.1, 0.15) is 23.0 Å². The number of ether oxygens (including phenoxy) is 2. The summed E-state index contributed by atoms with van der Waals surface area (Å²) in [5.74, 6) is 1.22. The Morgan fingerprint density at radius 1 is 1.00 bits per heavy atom. The molecule has 4 rings (SSSR count). The van der Waals surface area contributed by atoms with Gasteiger partial charge in [-0.15, -0.1) is 5.10 Å². The number of rotatable bonds is 8. The van der Waals surface area contributed by atoms with Gasteiger partial charge in [-0.2, -0.15) is 0 Å². The highest BCUT2D eigenvalue weighted by Crippen LogP contribution is 2.33. The number of para-hydroxylation sites is 2. The highest BCUT2D eigenvalue weighted by Gasteiger charge is 2.25. The Balaban J connectivity index is 1.73. The third-order valence-electron chi connectivity index (χ3n) is 5.02. The average molecular weight is 435 g/mol. The number of nitrogens with zero attached hydrogens (tertiary/aromatic N) is 4. The van der Waals surface area contributed by atoms with Gasteiger partial charge in [0.05, 0.1) is 26.5 Å². The van der Waals surface area contributed by atoms with Crippen LogP contribution >= 0.6 is 0 Å². The Kier molecular flexibility index (Phi) is 6.16. The molecule has 0 amide bonds. The summed E-state index contributed by atoms with van der Waals surface area (Å²) in [5, 5.41) is 25.7. The van der Waals surface area contributed by atoms with Gasteiger partial charge in [0, 0.05) is 5.56 Å². The molecule has 8 nitrogen and oxygen atoms in total. The largest absolute Gasteiger partial charge is 0.508 e. The minimum Gasteiger partial charge on any atom is -0.508 e. The van der Waals surface area contributed by atoms with Crippen molar-refractivity contribution in [1.29, 1.82) is 0 Å². The fourth-order valence-corrected chi connectivity index (χ4v) is 3.43. The second kappa shape index (κ2) is 9.34. The second-order valence-corrected chi connectivity index (χ2v) is 7.00. The molecule has 164 valence electrons. The van der Waals surface area contributed by atoms with Gasteiger partial charge in [-0.25, -0.2) is 9.07 Å². The van der Waals surface area contributed by atoms with E-state index in [0.29, 0.717) is 29.4 Å². The second-order valence-electron chi connectivity index (χ2n) is 7.00. The maximum absolute atomic E-state index is 14.4. The molecule has 1 aromatic heterocycles. The molecule has 4 aromatic rings. The van der Waals surface area contributed by atoms with Crippen LogP contribution in [0.15, 0.2) is 66.7 Å². The summed E-state index contributed by atoms with van der Waals surface area (Å²) in [6.07, 6.45) is 0. The van der Waals surface area contributed by atoms with Gasteiger partial charge in [0.25, 0.3) is 0 Å². The molecule has 0 spiro atoms. The SMILES string of the molecule is COc1ccc(Cn2nnnc2C(Nc2ccccc2F)c2ccccc2O)cc1OC. The van der Waals surface area contributed by atoms with E-state index < -0.39 is 11.9 Å². The third kappa shape index (κ3) is 4.31. The number of aromatic nitrogens is 4. The number of phenolic OH excluding ortho intramolecular Hbond substituents is 1. The molecule has 1 heterocycles. The van der Waals surface area contributed by atoms with E-state index in [-0.39, 0.29) is 11.4 Å². The normalized spacial score (nSPS) is 11.7. The number of phenols is 1. The first-order valence-electron chi connectivity index (χ1n) is 9.86. The monoisotopic (exact) mass is 435 g/mol. The van der Waals surface area contributed by atoms with Crippen molar-refractivity contribution in [2.75, 3.05) is 19.5 Å². The van der Waals surface area contributed by atoms with Gasteiger partial charge < -0.3 is 19.9 Å². The van der Waals surface area contributed by atoms with Crippen molar-refractivity contribution in [1.82, 2.24) is 20.2 Å². The summed E-state index contributed by atoms with van der Waals surface area (Å²) in [7, 11) is 3.14. The van der Waals surface area contributed by atoms with E-state index in [1.807, 2.05) is 12.1 Å². The molecule has 1 atom stereocenters. The number of aromatic hydroxyl groups is 1. The highest BCUT2D eigenvalue weighted by molar-refractivity contribution is 5.51. The van der Waals surface area contributed by atoms with Crippen LogP contribution in [0.25, 0.3) is 0 Å². The number of tetrazole rings is 1. The van der Waals surface area contributed by atoms with Crippen LogP contribution in [0, 0.1) is 5.82 Å². The Bertz CT molecular complexity index is 1210. The van der Waals surface area contributed by atoms with Gasteiger partial charge >= 0.3 is 0 Å². The van der Waals surface area contributed by atoms with Crippen molar-refractivity contribution >= 4 is 5.69 Å². The molecule has 0 saturated carbocycles. The first-order chi connectivity index (χ1) is 15.6. The van der Waals surface area contributed by atoms with E-state index in [1.165, 1.54) is 6.07 Å². The predicted molar refractivity (Wildman–Crippen MR) is 116 cm³/mol. The molecule has 3 aromatic carbocycles. The van der Waals surface area contributed by atoms with Gasteiger partial charge in [0.2, 0.25) is 0 Å². The zero-order chi connectivity index (χ0) is 22.5. The van der Waals surface area contributed by atoms with Gasteiger partial charge in [0.15, 0.2) is 17.3 Å². The minimum atomic E-state index is -0.705. The number of anilines is 1. The predicted octanol–water partition coefficient (Wildman–Crippen LogP) is 3.78. The van der Waals surface area contributed by atoms with E-state index in [4.69, 9.17) is 9.47 Å². The Morgan fingerprint density at radius 3 is 2.50 bits per heavy atom. The van der Waals surface area contributed by atoms with E-state index in [9.17, 15) is 9.50 Å². The summed E-state index contributed by atoms with van der Waals surface area (Å²) in [4.78, 5) is 0. The standard InChI is InChI=1S/C23H22FN5O3/c1-31-20-12-11-15(13-21(20)32-2)14-29-23(26-27-28-29)22(16-7-3-6-10-19(16)30)25-18-9-5-4-8-17(18)24/h3-13,22,25,30H,14H2,1-2H3. The minimum absolute atomic E-state index is 0.0435. The smallest absolute Gasteiger partial charge is 0.178 e. The van der Waals surface area contributed by atoms with Crippen molar-refractivity contribution in [3.05, 3.63) is 89.5 Å². The molecule has 2 N–H and O–H groups in total. The van der Waals surface area contributed by atoms with Crippen molar-refractivity contribution in [2.24, 2.45) is 0 Å². The Morgan fingerprint density at radius 2 is 1.75 bits per heavy atom. The van der Waals surface area contributed by atoms with Crippen LogP contribution in [0.5, 0.6) is 17.2 Å². The number of nitrogens with one attached hydrogen (secondary N) is 1. The molecule has 9 heteroatoms. The lowest BCUT2D eigenvalue weighted by molar-refractivity contribution is 0.354. The van der Waals surface area contributed by atoms with Gasteiger partial charge in [-0.1, -0.05) is 36.4 Å². The van der Waals surface area contributed by atoms with Crippen molar-refractivity contribution in [3.63, 3.8) is 0 Å². The molecule has 0 fully saturated rings. The van der Waals surface area contributed by atoms with E-state index in [0.717, 1.165) is 5.56 Å². The maximum Gasteiger partial charge on any atom is 0.178 e. The number of methoxy groups -OCH3 is 2. The topological polar surface area (TPSA) is 94.3 Å². The lowest BCUT2D eigenvalue weighted by Crippen LogP contribution is -2.20. The van der Waals surface area contributed by atoms with Crippen LogP contribution in [-0.2, 0) is 6.54 Å². The van der Waals surface area contributed by atoms with Crippen molar-refractivity contribution < 1.29 is 19.0 Å². The zero-order valence-corrected chi connectivity index (χ0v) is 17.6. The Hall–Kier alpha value is -4.14. The molecule has 0 aliphatic rings. The van der Waals surface area contributed by atoms with Gasteiger partial charge in [0.1, 0.15) is 17.6 Å². The van der Waals surface area contributed by atoms with E-state index in [2.05, 4.69) is 20.8 Å². The van der Waals surface area contributed by atoms with Crippen LogP contribution in [-0.4, -0.2) is 39.5 Å². The molecular formula is C23H22FN5O3. The average Bonchev–Trinajstić information content (AvgIpc) is 3.27. The summed E-state index contributed by atoms with van der Waals surface area (Å²) in [5.41, 5.74) is 1.65. The maximum atomic E-state index is 14.4. The molecule has 0 bridgehead atoms. The fourth-order valence-electron chi connectivity index (χ4n) is 3.43. The number of benzene rings is 3. The van der Waals surface area contributed by atoms with Crippen LogP contribution in [0.4, 0.5) is 10.1 Å². The zero-order valence-electron chi connectivity index (χ0n) is 17.6. The van der Waals surface area contributed by atoms with Crippen molar-refractivity contribution in [2.45, 2.75) is 12.6 Å². The summed E-state index contributed by atoms with van der Waals surface area (Å²) in [6.45, 7) is 0.325. The van der Waals surface area contributed by atoms with E-state index >= 15 is 0 Å². The number of hydrogen-bond acceptors (Lipinski definition) is 7. The first kappa shape index (κ1) is 21.1. The summed E-state index contributed by atoms with van der Waals surface area (Å²) in [6, 6.07) is 17.9. The molecule has 0 aliphatic carbocycles. The third-order valence-corrected chi connectivity index (χ3v) is 5.02. The molecule has 0 radical (unpaired) electrons. The van der Waals surface area contributed by atoms with E-state index in [1.54, 1.807) is 67.4 Å². The molecule has 32 heavy (non-hydrogen) atoms. The van der Waals surface area contributed by atoms with Gasteiger partial charge in [-0.05, 0) is 46.3 Å². The molecule has 0 aliphatic heterocycles. The highest BCUT2D eigenvalue weighted by atomic mass is 19.1. The van der Waals surface area contributed by atoms with Crippen LogP contribution < -0.4 is 14.8 Å². The number of halogens is 1. The molecular weight excluding hydrogens is 413 g/mol. The lowest BCUT2D eigenvalue weighted by atomic mass is 10.0. The van der Waals surface area contributed by atoms with Crippen molar-refractivity contribution in [3.8, 4) is 17.2 Å². The number of hydrogen-bond donors (Lipinski definition) is 2. The summed E-state index contributed by atoms with van der Waals surface area (Å²) >= 11 is 0.